The topological polar surface area (TPSA) is 47.3 Å². The van der Waals surface area contributed by atoms with Crippen LogP contribution in [-0.4, -0.2) is 19.1 Å². The Labute approximate surface area is 93.2 Å². The van der Waals surface area contributed by atoms with Gasteiger partial charge >= 0.3 is 0 Å². The molecular formula is C10H15FN2OS. The normalized spacial score (nSPS) is 12.5. The highest BCUT2D eigenvalue weighted by Crippen LogP contribution is 2.27. The van der Waals surface area contributed by atoms with Crippen molar-refractivity contribution in [1.29, 1.82) is 0 Å². The van der Waals surface area contributed by atoms with Gasteiger partial charge in [-0.25, -0.2) is 4.39 Å². The van der Waals surface area contributed by atoms with Crippen LogP contribution in [-0.2, 0) is 0 Å². The van der Waals surface area contributed by atoms with Crippen LogP contribution in [0, 0.1) is 5.82 Å². The summed E-state index contributed by atoms with van der Waals surface area (Å²) in [6.07, 6.45) is 1.97. The van der Waals surface area contributed by atoms with Crippen LogP contribution >= 0.6 is 11.8 Å². The van der Waals surface area contributed by atoms with Crippen LogP contribution in [0.3, 0.4) is 0 Å². The Bertz CT molecular complexity index is 322. The van der Waals surface area contributed by atoms with Crippen molar-refractivity contribution >= 4 is 11.8 Å². The molecule has 0 aromatic heterocycles. The molecule has 1 unspecified atom stereocenters. The molecule has 0 heterocycles. The summed E-state index contributed by atoms with van der Waals surface area (Å²) in [6, 6.07) is 4.31. The molecule has 1 aromatic carbocycles. The number of hydrogen-bond donors (Lipinski definition) is 2. The molecule has 0 spiro atoms. The van der Waals surface area contributed by atoms with Gasteiger partial charge in [-0.15, -0.1) is 0 Å². The van der Waals surface area contributed by atoms with Crippen LogP contribution in [0.25, 0.3) is 0 Å². The van der Waals surface area contributed by atoms with Crippen LogP contribution in [0.2, 0.25) is 0 Å². The third-order valence-corrected chi connectivity index (χ3v) is 2.77. The smallest absolute Gasteiger partial charge is 0.123 e. The maximum atomic E-state index is 13.1. The predicted molar refractivity (Wildman–Crippen MR) is 61.4 cm³/mol. The molecule has 0 amide bonds. The first-order valence-electron chi connectivity index (χ1n) is 4.51. The lowest BCUT2D eigenvalue weighted by Gasteiger charge is -2.18. The molecule has 1 atom stereocenters. The minimum atomic E-state index is -0.285. The molecule has 0 fully saturated rings. The van der Waals surface area contributed by atoms with Crippen molar-refractivity contribution in [2.45, 2.75) is 6.04 Å². The van der Waals surface area contributed by atoms with Crippen molar-refractivity contribution in [3.8, 4) is 5.75 Å². The molecule has 0 saturated heterocycles. The van der Waals surface area contributed by atoms with E-state index in [9.17, 15) is 4.39 Å². The fraction of sp³-hybridized carbons (Fsp3) is 0.400. The highest BCUT2D eigenvalue weighted by molar-refractivity contribution is 7.98. The summed E-state index contributed by atoms with van der Waals surface area (Å²) in [5, 5.41) is 0. The Hall–Kier alpha value is -0.780. The zero-order chi connectivity index (χ0) is 11.3. The third kappa shape index (κ3) is 3.09. The van der Waals surface area contributed by atoms with Crippen LogP contribution in [0.1, 0.15) is 11.6 Å². The highest BCUT2D eigenvalue weighted by atomic mass is 32.2. The number of nitrogens with two attached hydrogens (primary N) is 1. The summed E-state index contributed by atoms with van der Waals surface area (Å²) in [5.74, 6) is 6.55. The molecule has 3 nitrogen and oxygen atoms in total. The average Bonchev–Trinajstić information content (AvgIpc) is 2.26. The summed E-state index contributed by atoms with van der Waals surface area (Å²) in [6.45, 7) is 0. The van der Waals surface area contributed by atoms with Crippen LogP contribution < -0.4 is 16.0 Å². The second-order valence-corrected chi connectivity index (χ2v) is 3.97. The molecule has 0 bridgehead atoms. The molecular weight excluding hydrogens is 215 g/mol. The molecule has 15 heavy (non-hydrogen) atoms. The van der Waals surface area contributed by atoms with Gasteiger partial charge < -0.3 is 4.74 Å². The first-order valence-corrected chi connectivity index (χ1v) is 5.90. The molecule has 0 saturated carbocycles. The molecule has 1 rings (SSSR count). The lowest BCUT2D eigenvalue weighted by atomic mass is 10.1. The van der Waals surface area contributed by atoms with Gasteiger partial charge in [-0.2, -0.15) is 11.8 Å². The summed E-state index contributed by atoms with van der Waals surface area (Å²) >= 11 is 1.63. The van der Waals surface area contributed by atoms with Gasteiger partial charge in [0.15, 0.2) is 0 Å². The Morgan fingerprint density at radius 2 is 2.33 bits per heavy atom. The Balaban J connectivity index is 3.02. The predicted octanol–water partition coefficient (Wildman–Crippen LogP) is 1.70. The van der Waals surface area contributed by atoms with E-state index in [0.29, 0.717) is 5.75 Å². The van der Waals surface area contributed by atoms with Crippen molar-refractivity contribution < 1.29 is 9.13 Å². The zero-order valence-electron chi connectivity index (χ0n) is 8.79. The van der Waals surface area contributed by atoms with Crippen molar-refractivity contribution in [3.63, 3.8) is 0 Å². The van der Waals surface area contributed by atoms with Crippen molar-refractivity contribution in [3.05, 3.63) is 29.6 Å². The molecule has 0 aliphatic rings. The molecule has 0 aliphatic carbocycles. The van der Waals surface area contributed by atoms with Gasteiger partial charge in [0.05, 0.1) is 13.2 Å². The van der Waals surface area contributed by atoms with E-state index in [2.05, 4.69) is 5.43 Å². The van der Waals surface area contributed by atoms with Gasteiger partial charge in [0.25, 0.3) is 0 Å². The lowest BCUT2D eigenvalue weighted by Crippen LogP contribution is -2.30. The summed E-state index contributed by atoms with van der Waals surface area (Å²) < 4.78 is 18.2. The second-order valence-electron chi connectivity index (χ2n) is 3.06. The SMILES string of the molecule is COc1ccc(F)cc1C(CSC)NN. The Morgan fingerprint density at radius 3 is 2.87 bits per heavy atom. The minimum absolute atomic E-state index is 0.106. The van der Waals surface area contributed by atoms with E-state index in [4.69, 9.17) is 10.6 Å². The number of ether oxygens (including phenoxy) is 1. The number of rotatable bonds is 5. The molecule has 1 aromatic rings. The Morgan fingerprint density at radius 1 is 1.60 bits per heavy atom. The van der Waals surface area contributed by atoms with E-state index in [1.807, 2.05) is 6.26 Å². The lowest BCUT2D eigenvalue weighted by molar-refractivity contribution is 0.401. The molecule has 84 valence electrons. The number of hydrogen-bond acceptors (Lipinski definition) is 4. The van der Waals surface area contributed by atoms with E-state index in [1.165, 1.54) is 12.1 Å². The third-order valence-electron chi connectivity index (χ3n) is 2.10. The summed E-state index contributed by atoms with van der Waals surface area (Å²) in [7, 11) is 1.56. The fourth-order valence-electron chi connectivity index (χ4n) is 1.37. The van der Waals surface area contributed by atoms with Gasteiger partial charge in [0.1, 0.15) is 11.6 Å². The van der Waals surface area contributed by atoms with Gasteiger partial charge in [-0.05, 0) is 24.5 Å². The van der Waals surface area contributed by atoms with Crippen molar-refractivity contribution in [2.24, 2.45) is 5.84 Å². The van der Waals surface area contributed by atoms with Crippen molar-refractivity contribution in [2.75, 3.05) is 19.1 Å². The summed E-state index contributed by atoms with van der Waals surface area (Å²) in [5.41, 5.74) is 3.40. The van der Waals surface area contributed by atoms with E-state index in [1.54, 1.807) is 24.9 Å². The minimum Gasteiger partial charge on any atom is -0.496 e. The van der Waals surface area contributed by atoms with Crippen LogP contribution in [0.5, 0.6) is 5.75 Å². The largest absolute Gasteiger partial charge is 0.496 e. The number of benzene rings is 1. The highest BCUT2D eigenvalue weighted by Gasteiger charge is 2.14. The second kappa shape index (κ2) is 5.95. The molecule has 3 N–H and O–H groups in total. The number of thioether (sulfide) groups is 1. The maximum absolute atomic E-state index is 13.1. The number of hydrazine groups is 1. The molecule has 0 radical (unpaired) electrons. The quantitative estimate of drug-likeness (QED) is 0.597. The van der Waals surface area contributed by atoms with Crippen molar-refractivity contribution in [1.82, 2.24) is 5.43 Å². The Kier molecular flexibility index (Phi) is 4.87. The van der Waals surface area contributed by atoms with Gasteiger partial charge in [0.2, 0.25) is 0 Å². The van der Waals surface area contributed by atoms with Gasteiger partial charge in [-0.3, -0.25) is 11.3 Å². The van der Waals surface area contributed by atoms with E-state index in [-0.39, 0.29) is 11.9 Å². The maximum Gasteiger partial charge on any atom is 0.123 e. The van der Waals surface area contributed by atoms with E-state index in [0.717, 1.165) is 11.3 Å². The average molecular weight is 230 g/mol. The monoisotopic (exact) mass is 230 g/mol. The summed E-state index contributed by atoms with van der Waals surface area (Å²) in [4.78, 5) is 0. The van der Waals surface area contributed by atoms with Gasteiger partial charge in [0, 0.05) is 11.3 Å². The zero-order valence-corrected chi connectivity index (χ0v) is 9.60. The molecule has 0 aliphatic heterocycles. The van der Waals surface area contributed by atoms with Crippen LogP contribution in [0.4, 0.5) is 4.39 Å². The fourth-order valence-corrected chi connectivity index (χ4v) is 1.98. The standard InChI is InChI=1S/C10H15FN2OS/c1-14-10-4-3-7(11)5-8(10)9(13-12)6-15-2/h3-5,9,13H,6,12H2,1-2H3. The van der Waals surface area contributed by atoms with E-state index < -0.39 is 0 Å². The first kappa shape index (κ1) is 12.3. The van der Waals surface area contributed by atoms with Gasteiger partial charge in [-0.1, -0.05) is 0 Å². The first-order chi connectivity index (χ1) is 7.22. The molecule has 5 heteroatoms. The van der Waals surface area contributed by atoms with Crippen LogP contribution in [0.15, 0.2) is 18.2 Å². The number of methoxy groups -OCH3 is 1. The number of nitrogens with one attached hydrogen (secondary N) is 1. The number of halogens is 1. The van der Waals surface area contributed by atoms with E-state index >= 15 is 0 Å².